The number of rotatable bonds is 7. The number of ether oxygens (including phenoxy) is 1. The van der Waals surface area contributed by atoms with Crippen molar-refractivity contribution in [2.75, 3.05) is 7.05 Å². The minimum atomic E-state index is -2.87. The van der Waals surface area contributed by atoms with Crippen LogP contribution >= 0.6 is 12.2 Å². The molecule has 0 aliphatic carbocycles. The Morgan fingerprint density at radius 2 is 1.96 bits per heavy atom. The first-order chi connectivity index (χ1) is 12.8. The minimum absolute atomic E-state index is 0.0611. The van der Waals surface area contributed by atoms with Crippen LogP contribution in [0.4, 0.5) is 8.78 Å². The number of nitrogens with zero attached hydrogens (tertiary/aromatic N) is 4. The maximum absolute atomic E-state index is 12.2. The van der Waals surface area contributed by atoms with Crippen LogP contribution in [0.5, 0.6) is 5.75 Å². The summed E-state index contributed by atoms with van der Waals surface area (Å²) in [4.78, 5) is 2.21. The molecule has 144 valence electrons. The molecule has 0 amide bonds. The quantitative estimate of drug-likeness (QED) is 0.555. The molecule has 7 nitrogen and oxygen atoms in total. The molecule has 0 spiro atoms. The Morgan fingerprint density at radius 3 is 2.56 bits per heavy atom. The van der Waals surface area contributed by atoms with Gasteiger partial charge in [-0.05, 0) is 57.4 Å². The van der Waals surface area contributed by atoms with E-state index in [1.165, 1.54) is 12.1 Å². The second kappa shape index (κ2) is 7.97. The predicted octanol–water partition coefficient (Wildman–Crippen LogP) is 4.17. The van der Waals surface area contributed by atoms with Gasteiger partial charge in [0.05, 0.1) is 12.4 Å². The second-order valence-corrected chi connectivity index (χ2v) is 6.38. The van der Waals surface area contributed by atoms with E-state index in [0.29, 0.717) is 24.7 Å². The minimum Gasteiger partial charge on any atom is -0.435 e. The van der Waals surface area contributed by atoms with Crippen LogP contribution in [-0.4, -0.2) is 33.5 Å². The van der Waals surface area contributed by atoms with Crippen LogP contribution in [0.3, 0.4) is 0 Å². The number of hydrogen-bond donors (Lipinski definition) is 0. The van der Waals surface area contributed by atoms with Gasteiger partial charge in [0.2, 0.25) is 5.89 Å². The van der Waals surface area contributed by atoms with Gasteiger partial charge in [-0.3, -0.25) is 4.90 Å². The summed E-state index contributed by atoms with van der Waals surface area (Å²) < 4.78 is 41.0. The van der Waals surface area contributed by atoms with Crippen molar-refractivity contribution in [1.82, 2.24) is 19.8 Å². The number of halogens is 2. The number of benzene rings is 1. The van der Waals surface area contributed by atoms with Crippen molar-refractivity contribution in [2.45, 2.75) is 33.7 Å². The molecule has 0 unspecified atom stereocenters. The fourth-order valence-corrected chi connectivity index (χ4v) is 2.74. The molecule has 3 aromatic rings. The van der Waals surface area contributed by atoms with Crippen molar-refractivity contribution in [3.63, 3.8) is 0 Å². The van der Waals surface area contributed by atoms with Gasteiger partial charge in [-0.2, -0.15) is 8.78 Å². The molecule has 0 saturated heterocycles. The molecular weight excluding hydrogens is 378 g/mol. The Hall–Kier alpha value is -2.59. The van der Waals surface area contributed by atoms with Gasteiger partial charge in [0, 0.05) is 17.7 Å². The third kappa shape index (κ3) is 4.58. The molecule has 27 heavy (non-hydrogen) atoms. The van der Waals surface area contributed by atoms with Crippen molar-refractivity contribution >= 4 is 12.2 Å². The molecule has 10 heteroatoms. The monoisotopic (exact) mass is 396 g/mol. The van der Waals surface area contributed by atoms with Gasteiger partial charge in [-0.25, -0.2) is 4.68 Å². The van der Waals surface area contributed by atoms with Crippen LogP contribution < -0.4 is 4.74 Å². The van der Waals surface area contributed by atoms with E-state index in [0.717, 1.165) is 17.0 Å². The van der Waals surface area contributed by atoms with Crippen LogP contribution in [-0.2, 0) is 13.2 Å². The molecule has 0 fully saturated rings. The van der Waals surface area contributed by atoms with Gasteiger partial charge < -0.3 is 13.7 Å². The van der Waals surface area contributed by atoms with Crippen molar-refractivity contribution in [3.8, 4) is 17.2 Å². The van der Waals surface area contributed by atoms with Crippen molar-refractivity contribution in [3.05, 3.63) is 46.1 Å². The van der Waals surface area contributed by atoms with Crippen LogP contribution in [0.15, 0.2) is 33.2 Å². The van der Waals surface area contributed by atoms with Crippen molar-refractivity contribution in [1.29, 1.82) is 0 Å². The third-order valence-corrected chi connectivity index (χ3v) is 4.21. The van der Waals surface area contributed by atoms with E-state index in [2.05, 4.69) is 15.0 Å². The highest BCUT2D eigenvalue weighted by Crippen LogP contribution is 2.22. The number of alkyl halides is 2. The second-order valence-electron chi connectivity index (χ2n) is 6.03. The average molecular weight is 396 g/mol. The lowest BCUT2D eigenvalue weighted by Crippen LogP contribution is -2.23. The fourth-order valence-electron chi connectivity index (χ4n) is 2.57. The van der Waals surface area contributed by atoms with E-state index in [4.69, 9.17) is 21.2 Å². The molecule has 0 atom stereocenters. The average Bonchev–Trinajstić information content (AvgIpc) is 3.12. The van der Waals surface area contributed by atoms with Gasteiger partial charge in [0.15, 0.2) is 0 Å². The lowest BCUT2D eigenvalue weighted by molar-refractivity contribution is -0.0498. The van der Waals surface area contributed by atoms with E-state index < -0.39 is 6.61 Å². The van der Waals surface area contributed by atoms with Crippen LogP contribution in [0.25, 0.3) is 11.5 Å². The largest absolute Gasteiger partial charge is 0.435 e. The Kier molecular flexibility index (Phi) is 5.66. The zero-order chi connectivity index (χ0) is 19.6. The smallest absolute Gasteiger partial charge is 0.387 e. The molecule has 0 saturated carbocycles. The number of aryl methyl sites for hydroxylation is 2. The predicted molar refractivity (Wildman–Crippen MR) is 94.8 cm³/mol. The lowest BCUT2D eigenvalue weighted by atomic mass is 10.2. The SMILES string of the molecule is Cc1noc(C)c1CN(C)Cn1nc(-c2ccc(OC(F)F)cc2)oc1=S. The molecule has 2 heterocycles. The van der Waals surface area contributed by atoms with Crippen LogP contribution in [0.2, 0.25) is 0 Å². The van der Waals surface area contributed by atoms with E-state index >= 15 is 0 Å². The maximum atomic E-state index is 12.2. The molecule has 0 radical (unpaired) electrons. The first-order valence-corrected chi connectivity index (χ1v) is 8.48. The topological polar surface area (TPSA) is 69.5 Å². The zero-order valence-electron chi connectivity index (χ0n) is 15.0. The Balaban J connectivity index is 1.71. The van der Waals surface area contributed by atoms with Crippen LogP contribution in [0.1, 0.15) is 17.0 Å². The van der Waals surface area contributed by atoms with Crippen molar-refractivity contribution < 1.29 is 22.5 Å². The summed E-state index contributed by atoms with van der Waals surface area (Å²) in [5, 5.41) is 8.30. The third-order valence-electron chi connectivity index (χ3n) is 3.92. The van der Waals surface area contributed by atoms with Crippen molar-refractivity contribution in [2.24, 2.45) is 0 Å². The van der Waals surface area contributed by atoms with E-state index in [-0.39, 0.29) is 10.6 Å². The summed E-state index contributed by atoms with van der Waals surface area (Å²) in [6, 6.07) is 6.00. The zero-order valence-corrected chi connectivity index (χ0v) is 15.8. The van der Waals surface area contributed by atoms with Crippen LogP contribution in [0, 0.1) is 18.7 Å². The Labute approximate surface area is 159 Å². The highest BCUT2D eigenvalue weighted by atomic mass is 32.1. The molecule has 0 bridgehead atoms. The number of aromatic nitrogens is 3. The molecule has 0 aliphatic heterocycles. The summed E-state index contributed by atoms with van der Waals surface area (Å²) in [5.41, 5.74) is 2.46. The van der Waals surface area contributed by atoms with E-state index in [9.17, 15) is 8.78 Å². The molecule has 2 aromatic heterocycles. The molecule has 0 aliphatic rings. The highest BCUT2D eigenvalue weighted by Gasteiger charge is 2.14. The number of hydrogen-bond acceptors (Lipinski definition) is 7. The Morgan fingerprint density at radius 1 is 1.26 bits per heavy atom. The van der Waals surface area contributed by atoms with E-state index in [1.807, 2.05) is 25.8 Å². The molecule has 3 rings (SSSR count). The van der Waals surface area contributed by atoms with Gasteiger partial charge in [0.25, 0.3) is 4.84 Å². The normalized spacial score (nSPS) is 11.5. The molecular formula is C17H18F2N4O3S. The summed E-state index contributed by atoms with van der Waals surface area (Å²) in [7, 11) is 1.92. The first kappa shape index (κ1) is 19.2. The van der Waals surface area contributed by atoms with Gasteiger partial charge in [0.1, 0.15) is 11.5 Å². The van der Waals surface area contributed by atoms with Gasteiger partial charge >= 0.3 is 6.61 Å². The van der Waals surface area contributed by atoms with Gasteiger partial charge in [-0.15, -0.1) is 5.10 Å². The molecule has 1 aromatic carbocycles. The summed E-state index contributed by atoms with van der Waals surface area (Å²) >= 11 is 5.23. The van der Waals surface area contributed by atoms with E-state index in [1.54, 1.807) is 16.8 Å². The standard InChI is InChI=1S/C17H18F2N4O3S/c1-10-14(11(2)26-21-10)8-22(3)9-23-17(27)25-15(20-23)12-4-6-13(7-5-12)24-16(18)19/h4-7,16H,8-9H2,1-3H3. The maximum Gasteiger partial charge on any atom is 0.387 e. The van der Waals surface area contributed by atoms with Gasteiger partial charge in [-0.1, -0.05) is 5.16 Å². The lowest BCUT2D eigenvalue weighted by Gasteiger charge is -2.15. The molecule has 0 N–H and O–H groups in total. The first-order valence-electron chi connectivity index (χ1n) is 8.07. The summed E-state index contributed by atoms with van der Waals surface area (Å²) in [6.07, 6.45) is 0. The fraction of sp³-hybridized carbons (Fsp3) is 0.353. The Bertz CT molecular complexity index is 946. The summed E-state index contributed by atoms with van der Waals surface area (Å²) in [5.74, 6) is 1.13. The highest BCUT2D eigenvalue weighted by molar-refractivity contribution is 7.71. The summed E-state index contributed by atoms with van der Waals surface area (Å²) in [6.45, 7) is 1.90.